The highest BCUT2D eigenvalue weighted by Gasteiger charge is 2.21. The van der Waals surface area contributed by atoms with E-state index in [0.29, 0.717) is 11.4 Å². The van der Waals surface area contributed by atoms with Crippen LogP contribution in [-0.4, -0.2) is 28.1 Å². The molecular weight excluding hydrogens is 500 g/mol. The minimum Gasteiger partial charge on any atom is -0.505 e. The Morgan fingerprint density at radius 1 is 0.914 bits per heavy atom. The van der Waals surface area contributed by atoms with Crippen molar-refractivity contribution in [3.05, 3.63) is 81.9 Å². The number of benzene rings is 4. The van der Waals surface area contributed by atoms with Crippen molar-refractivity contribution in [2.75, 3.05) is 5.32 Å². The van der Waals surface area contributed by atoms with Crippen LogP contribution in [0.3, 0.4) is 0 Å². The van der Waals surface area contributed by atoms with Gasteiger partial charge < -0.3 is 15.5 Å². The molecule has 0 amide bonds. The lowest BCUT2D eigenvalue weighted by Crippen LogP contribution is -2.01. The third kappa shape index (κ3) is 4.84. The molecule has 0 saturated carbocycles. The maximum absolute atomic E-state index is 11.9. The summed E-state index contributed by atoms with van der Waals surface area (Å²) in [6.45, 7) is 0. The Morgan fingerprint density at radius 2 is 1.60 bits per heavy atom. The monoisotopic (exact) mass is 514 g/mol. The molecule has 4 aromatic rings. The lowest BCUT2D eigenvalue weighted by molar-refractivity contribution is -0.385. The topological polar surface area (TPSA) is 175 Å². The smallest absolute Gasteiger partial charge is 0.314 e. The third-order valence-electron chi connectivity index (χ3n) is 4.92. The molecule has 4 rings (SSSR count). The van der Waals surface area contributed by atoms with Crippen molar-refractivity contribution < 1.29 is 28.1 Å². The Kier molecular flexibility index (Phi) is 6.26. The van der Waals surface area contributed by atoms with E-state index in [2.05, 4.69) is 15.5 Å². The van der Waals surface area contributed by atoms with Gasteiger partial charge in [-0.3, -0.25) is 14.7 Å². The van der Waals surface area contributed by atoms with Crippen molar-refractivity contribution >= 4 is 60.9 Å². The van der Waals surface area contributed by atoms with Crippen molar-refractivity contribution in [2.45, 2.75) is 4.90 Å². The number of fused-ring (bicyclic) bond motifs is 1. The molecule has 178 valence electrons. The van der Waals surface area contributed by atoms with Crippen LogP contribution in [0, 0.1) is 10.1 Å². The highest BCUT2D eigenvalue weighted by atomic mass is 35.5. The van der Waals surface area contributed by atoms with Gasteiger partial charge in [-0.25, -0.2) is 0 Å². The van der Waals surface area contributed by atoms with Gasteiger partial charge in [0.25, 0.3) is 10.1 Å². The van der Waals surface area contributed by atoms with Crippen LogP contribution < -0.4 is 5.32 Å². The van der Waals surface area contributed by atoms with Crippen molar-refractivity contribution in [3.63, 3.8) is 0 Å². The molecule has 0 spiro atoms. The van der Waals surface area contributed by atoms with Gasteiger partial charge in [-0.15, -0.1) is 10.2 Å². The maximum Gasteiger partial charge on any atom is 0.314 e. The Bertz CT molecular complexity index is 1610. The van der Waals surface area contributed by atoms with Gasteiger partial charge >= 0.3 is 5.69 Å². The van der Waals surface area contributed by atoms with Gasteiger partial charge in [0, 0.05) is 22.2 Å². The van der Waals surface area contributed by atoms with Crippen LogP contribution in [0.4, 0.5) is 28.4 Å². The lowest BCUT2D eigenvalue weighted by Gasteiger charge is -2.14. The molecule has 0 bridgehead atoms. The highest BCUT2D eigenvalue weighted by Crippen LogP contribution is 2.44. The van der Waals surface area contributed by atoms with E-state index in [4.69, 9.17) is 11.6 Å². The van der Waals surface area contributed by atoms with Gasteiger partial charge in [0.2, 0.25) is 5.75 Å². The minimum atomic E-state index is -4.63. The van der Waals surface area contributed by atoms with Crippen molar-refractivity contribution in [1.29, 1.82) is 0 Å². The van der Waals surface area contributed by atoms with E-state index in [1.54, 1.807) is 30.3 Å². The first kappa shape index (κ1) is 23.9. The Balaban J connectivity index is 1.89. The Hall–Kier alpha value is -4.26. The first-order chi connectivity index (χ1) is 16.6. The van der Waals surface area contributed by atoms with Crippen molar-refractivity contribution in [3.8, 4) is 11.5 Å². The quantitative estimate of drug-likeness (QED) is 0.101. The number of aromatic hydroxyl groups is 2. The van der Waals surface area contributed by atoms with E-state index in [1.165, 1.54) is 24.3 Å². The van der Waals surface area contributed by atoms with Crippen LogP contribution in [0.15, 0.2) is 81.9 Å². The van der Waals surface area contributed by atoms with Gasteiger partial charge in [-0.1, -0.05) is 35.9 Å². The number of halogens is 1. The summed E-state index contributed by atoms with van der Waals surface area (Å²) in [7, 11) is -4.63. The van der Waals surface area contributed by atoms with E-state index in [1.807, 2.05) is 0 Å². The second kappa shape index (κ2) is 9.18. The summed E-state index contributed by atoms with van der Waals surface area (Å²) < 4.78 is 33.4. The molecule has 0 aliphatic carbocycles. The SMILES string of the molecule is O=[N+]([O-])c1cc(Cl)cc(N=Nc2ccc3c(S(=O)(=O)O)ccc(Nc4ccccc4)c3c2O)c1O. The predicted octanol–water partition coefficient (Wildman–Crippen LogP) is 6.22. The number of azo groups is 1. The molecule has 35 heavy (non-hydrogen) atoms. The van der Waals surface area contributed by atoms with E-state index in [9.17, 15) is 33.3 Å². The summed E-state index contributed by atoms with van der Waals surface area (Å²) in [5, 5.41) is 42.8. The van der Waals surface area contributed by atoms with Crippen LogP contribution in [0.5, 0.6) is 11.5 Å². The number of hydrogen-bond acceptors (Lipinski definition) is 9. The number of hydrogen-bond donors (Lipinski definition) is 4. The van der Waals surface area contributed by atoms with E-state index in [0.717, 1.165) is 12.1 Å². The molecule has 4 aromatic carbocycles. The first-order valence-corrected chi connectivity index (χ1v) is 11.5. The van der Waals surface area contributed by atoms with Gasteiger partial charge in [0.1, 0.15) is 16.3 Å². The van der Waals surface area contributed by atoms with Gasteiger partial charge in [-0.2, -0.15) is 8.42 Å². The van der Waals surface area contributed by atoms with Crippen LogP contribution >= 0.6 is 11.6 Å². The molecule has 4 N–H and O–H groups in total. The molecule has 0 heterocycles. The number of phenols is 2. The second-order valence-electron chi connectivity index (χ2n) is 7.18. The largest absolute Gasteiger partial charge is 0.505 e. The molecule has 0 aromatic heterocycles. The number of phenolic OH excluding ortho intramolecular Hbond substituents is 2. The summed E-state index contributed by atoms with van der Waals surface area (Å²) in [5.41, 5.74) is -0.215. The summed E-state index contributed by atoms with van der Waals surface area (Å²) in [6, 6.07) is 16.0. The first-order valence-electron chi connectivity index (χ1n) is 9.73. The average Bonchev–Trinajstić information content (AvgIpc) is 2.80. The van der Waals surface area contributed by atoms with Crippen LogP contribution in [-0.2, 0) is 10.1 Å². The molecule has 0 fully saturated rings. The van der Waals surface area contributed by atoms with Crippen LogP contribution in [0.2, 0.25) is 5.02 Å². The van der Waals surface area contributed by atoms with E-state index in [-0.39, 0.29) is 27.2 Å². The number of nitro benzene ring substituents is 1. The zero-order valence-corrected chi connectivity index (χ0v) is 19.0. The minimum absolute atomic E-state index is 0.00567. The van der Waals surface area contributed by atoms with Gasteiger partial charge in [0.15, 0.2) is 5.75 Å². The molecule has 0 aliphatic heterocycles. The van der Waals surface area contributed by atoms with Gasteiger partial charge in [-0.05, 0) is 36.4 Å². The number of rotatable bonds is 6. The number of para-hydroxylation sites is 1. The number of nitro groups is 1. The molecule has 11 nitrogen and oxygen atoms in total. The Labute approximate surface area is 202 Å². The summed E-state index contributed by atoms with van der Waals surface area (Å²) in [5.74, 6) is -1.27. The van der Waals surface area contributed by atoms with Crippen LogP contribution in [0.25, 0.3) is 10.8 Å². The second-order valence-corrected chi connectivity index (χ2v) is 9.01. The molecule has 13 heteroatoms. The average molecular weight is 515 g/mol. The molecule has 0 atom stereocenters. The predicted molar refractivity (Wildman–Crippen MR) is 129 cm³/mol. The number of anilines is 2. The van der Waals surface area contributed by atoms with Crippen LogP contribution in [0.1, 0.15) is 0 Å². The van der Waals surface area contributed by atoms with E-state index >= 15 is 0 Å². The molecule has 0 unspecified atom stereocenters. The fourth-order valence-electron chi connectivity index (χ4n) is 3.37. The fraction of sp³-hybridized carbons (Fsp3) is 0. The number of nitrogens with one attached hydrogen (secondary N) is 1. The summed E-state index contributed by atoms with van der Waals surface area (Å²) in [6.07, 6.45) is 0. The normalized spacial score (nSPS) is 11.7. The zero-order valence-electron chi connectivity index (χ0n) is 17.5. The number of nitrogens with zero attached hydrogens (tertiary/aromatic N) is 3. The summed E-state index contributed by atoms with van der Waals surface area (Å²) >= 11 is 5.86. The maximum atomic E-state index is 11.9. The van der Waals surface area contributed by atoms with Crippen molar-refractivity contribution in [2.24, 2.45) is 10.2 Å². The lowest BCUT2D eigenvalue weighted by atomic mass is 10.1. The fourth-order valence-corrected chi connectivity index (χ4v) is 4.27. The van der Waals surface area contributed by atoms with Gasteiger partial charge in [0.05, 0.1) is 16.0 Å². The molecule has 0 saturated heterocycles. The standard InChI is InChI=1S/C22H15ClN4O7S/c23-12-10-17(21(28)18(11-12)27(30)31)26-25-16-7-6-14-19(35(32,33)34)9-8-15(20(14)22(16)29)24-13-4-2-1-3-5-13/h1-11,24,28-29H,(H,32,33,34). The molecule has 0 aliphatic rings. The molecular formula is C22H15ClN4O7S. The highest BCUT2D eigenvalue weighted by molar-refractivity contribution is 7.86. The Morgan fingerprint density at radius 3 is 2.26 bits per heavy atom. The summed E-state index contributed by atoms with van der Waals surface area (Å²) in [4.78, 5) is 9.82. The third-order valence-corrected chi connectivity index (χ3v) is 6.05. The zero-order chi connectivity index (χ0) is 25.3. The molecule has 0 radical (unpaired) electrons. The van der Waals surface area contributed by atoms with Crippen molar-refractivity contribution in [1.82, 2.24) is 0 Å². The van der Waals surface area contributed by atoms with E-state index < -0.39 is 37.1 Å².